The second kappa shape index (κ2) is 6.95. The number of anilines is 1. The van der Waals surface area contributed by atoms with E-state index in [0.717, 1.165) is 0 Å². The van der Waals surface area contributed by atoms with Crippen LogP contribution in [0.15, 0.2) is 42.5 Å². The Morgan fingerprint density at radius 2 is 1.69 bits per heavy atom. The minimum absolute atomic E-state index is 0.104. The maximum atomic E-state index is 12.2. The summed E-state index contributed by atoms with van der Waals surface area (Å²) in [6.07, 6.45) is -4.92. The molecule has 0 aliphatic carbocycles. The van der Waals surface area contributed by atoms with Crippen LogP contribution in [-0.4, -0.2) is 24.8 Å². The van der Waals surface area contributed by atoms with E-state index in [4.69, 9.17) is 9.47 Å². The average molecular weight is 366 g/mol. The zero-order valence-electron chi connectivity index (χ0n) is 13.2. The number of carbonyl (C=O) groups excluding carboxylic acids is 2. The third-order valence-corrected chi connectivity index (χ3v) is 3.56. The van der Waals surface area contributed by atoms with Crippen molar-refractivity contribution in [3.8, 4) is 11.5 Å². The molecule has 3 rings (SSSR count). The Balaban J connectivity index is 1.59. The van der Waals surface area contributed by atoms with Gasteiger partial charge in [0, 0.05) is 17.8 Å². The fraction of sp³-hybridized carbons (Fsp3) is 0.176. The number of hydrogen-bond acceptors (Lipinski definition) is 4. The Bertz CT molecular complexity index is 835. The highest BCUT2D eigenvalue weighted by Gasteiger charge is 2.38. The molecule has 0 atom stereocenters. The lowest BCUT2D eigenvalue weighted by atomic mass is 10.1. The zero-order valence-corrected chi connectivity index (χ0v) is 13.2. The van der Waals surface area contributed by atoms with Gasteiger partial charge in [-0.05, 0) is 35.9 Å². The molecule has 1 aliphatic rings. The summed E-state index contributed by atoms with van der Waals surface area (Å²) in [6.45, 7) is -0.165. The number of hydrogen-bond donors (Lipinski definition) is 2. The van der Waals surface area contributed by atoms with Gasteiger partial charge in [-0.2, -0.15) is 13.2 Å². The highest BCUT2D eigenvalue weighted by atomic mass is 19.4. The molecule has 9 heteroatoms. The van der Waals surface area contributed by atoms with Crippen molar-refractivity contribution in [2.75, 3.05) is 12.1 Å². The molecule has 2 aromatic rings. The molecule has 6 nitrogen and oxygen atoms in total. The van der Waals surface area contributed by atoms with Crippen LogP contribution in [0.4, 0.5) is 18.9 Å². The number of alkyl halides is 3. The number of fused-ring (bicyclic) bond motifs is 1. The number of rotatable bonds is 4. The first-order valence-corrected chi connectivity index (χ1v) is 7.48. The van der Waals surface area contributed by atoms with Crippen molar-refractivity contribution in [1.29, 1.82) is 0 Å². The number of carbonyl (C=O) groups is 2. The summed E-state index contributed by atoms with van der Waals surface area (Å²) in [6, 6.07) is 10.8. The van der Waals surface area contributed by atoms with Gasteiger partial charge in [0.15, 0.2) is 11.5 Å². The molecule has 0 radical (unpaired) electrons. The van der Waals surface area contributed by atoms with Gasteiger partial charge in [-0.1, -0.05) is 12.1 Å². The van der Waals surface area contributed by atoms with Gasteiger partial charge in [-0.25, -0.2) is 0 Å². The molecule has 1 heterocycles. The zero-order chi connectivity index (χ0) is 18.7. The lowest BCUT2D eigenvalue weighted by molar-refractivity contribution is -0.173. The van der Waals surface area contributed by atoms with E-state index in [2.05, 4.69) is 5.32 Å². The maximum Gasteiger partial charge on any atom is 0.471 e. The number of benzene rings is 2. The topological polar surface area (TPSA) is 76.7 Å². The first kappa shape index (κ1) is 17.6. The SMILES string of the molecule is O=C(Nc1ccc(CNC(=O)C(F)(F)F)cc1)c1ccc2c(c1)OCO2. The van der Waals surface area contributed by atoms with Crippen molar-refractivity contribution in [3.05, 3.63) is 53.6 Å². The molecular weight excluding hydrogens is 353 g/mol. The summed E-state index contributed by atoms with van der Waals surface area (Å²) >= 11 is 0. The minimum atomic E-state index is -4.92. The van der Waals surface area contributed by atoms with Gasteiger partial charge in [-0.15, -0.1) is 0 Å². The summed E-state index contributed by atoms with van der Waals surface area (Å²) in [4.78, 5) is 23.0. The molecule has 0 saturated carbocycles. The summed E-state index contributed by atoms with van der Waals surface area (Å²) in [5, 5.41) is 4.43. The highest BCUT2D eigenvalue weighted by molar-refractivity contribution is 6.04. The average Bonchev–Trinajstić information content (AvgIpc) is 3.07. The Morgan fingerprint density at radius 3 is 2.38 bits per heavy atom. The van der Waals surface area contributed by atoms with E-state index >= 15 is 0 Å². The summed E-state index contributed by atoms with van der Waals surface area (Å²) in [5.74, 6) is -1.33. The molecule has 2 N–H and O–H groups in total. The lowest BCUT2D eigenvalue weighted by Crippen LogP contribution is -2.36. The van der Waals surface area contributed by atoms with E-state index in [1.807, 2.05) is 0 Å². The number of nitrogens with one attached hydrogen (secondary N) is 2. The summed E-state index contributed by atoms with van der Waals surface area (Å²) in [5.41, 5.74) is 1.29. The standard InChI is InChI=1S/C17H13F3N2O4/c18-17(19,20)16(24)21-8-10-1-4-12(5-2-10)22-15(23)11-3-6-13-14(7-11)26-9-25-13/h1-7H,8-9H2,(H,21,24)(H,22,23). The van der Waals surface area contributed by atoms with Gasteiger partial charge in [-0.3, -0.25) is 9.59 Å². The van der Waals surface area contributed by atoms with Crippen LogP contribution in [0.2, 0.25) is 0 Å². The monoisotopic (exact) mass is 366 g/mol. The minimum Gasteiger partial charge on any atom is -0.454 e. The van der Waals surface area contributed by atoms with E-state index < -0.39 is 12.1 Å². The fourth-order valence-corrected chi connectivity index (χ4v) is 2.23. The van der Waals surface area contributed by atoms with Crippen molar-refractivity contribution in [3.63, 3.8) is 0 Å². The molecular formula is C17H13F3N2O4. The first-order chi connectivity index (χ1) is 12.3. The third-order valence-electron chi connectivity index (χ3n) is 3.56. The van der Waals surface area contributed by atoms with Crippen molar-refractivity contribution in [1.82, 2.24) is 5.32 Å². The normalized spacial score (nSPS) is 12.6. The van der Waals surface area contributed by atoms with Gasteiger partial charge in [0.1, 0.15) is 0 Å². The molecule has 2 aromatic carbocycles. The second-order valence-corrected chi connectivity index (χ2v) is 5.40. The number of halogens is 3. The quantitative estimate of drug-likeness (QED) is 0.873. The van der Waals surface area contributed by atoms with E-state index in [0.29, 0.717) is 28.3 Å². The van der Waals surface area contributed by atoms with Crippen molar-refractivity contribution < 1.29 is 32.2 Å². The largest absolute Gasteiger partial charge is 0.471 e. The molecule has 0 aromatic heterocycles. The lowest BCUT2D eigenvalue weighted by Gasteiger charge is -2.09. The van der Waals surface area contributed by atoms with E-state index in [9.17, 15) is 22.8 Å². The van der Waals surface area contributed by atoms with Crippen molar-refractivity contribution in [2.45, 2.75) is 12.7 Å². The van der Waals surface area contributed by atoms with Gasteiger partial charge < -0.3 is 20.1 Å². The maximum absolute atomic E-state index is 12.2. The molecule has 136 valence electrons. The highest BCUT2D eigenvalue weighted by Crippen LogP contribution is 2.32. The molecule has 0 bridgehead atoms. The van der Waals surface area contributed by atoms with Crippen LogP contribution in [0.1, 0.15) is 15.9 Å². The second-order valence-electron chi connectivity index (χ2n) is 5.40. The number of ether oxygens (including phenoxy) is 2. The van der Waals surface area contributed by atoms with Gasteiger partial charge >= 0.3 is 12.1 Å². The fourth-order valence-electron chi connectivity index (χ4n) is 2.23. The van der Waals surface area contributed by atoms with Crippen molar-refractivity contribution in [2.24, 2.45) is 0 Å². The predicted octanol–water partition coefficient (Wildman–Crippen LogP) is 2.85. The van der Waals surface area contributed by atoms with Gasteiger partial charge in [0.25, 0.3) is 5.91 Å². The molecule has 0 unspecified atom stereocenters. The van der Waals surface area contributed by atoms with Crippen LogP contribution >= 0.6 is 0 Å². The first-order valence-electron chi connectivity index (χ1n) is 7.48. The molecule has 0 saturated heterocycles. The number of amides is 2. The van der Waals surface area contributed by atoms with E-state index in [-0.39, 0.29) is 19.2 Å². The smallest absolute Gasteiger partial charge is 0.454 e. The van der Waals surface area contributed by atoms with Crippen LogP contribution in [0.5, 0.6) is 11.5 Å². The Kier molecular flexibility index (Phi) is 4.70. The van der Waals surface area contributed by atoms with Crippen molar-refractivity contribution >= 4 is 17.5 Å². The predicted molar refractivity (Wildman–Crippen MR) is 84.9 cm³/mol. The molecule has 0 spiro atoms. The molecule has 26 heavy (non-hydrogen) atoms. The Morgan fingerprint density at radius 1 is 1.00 bits per heavy atom. The molecule has 2 amide bonds. The van der Waals surface area contributed by atoms with Gasteiger partial charge in [0.2, 0.25) is 6.79 Å². The summed E-state index contributed by atoms with van der Waals surface area (Å²) < 4.78 is 46.8. The van der Waals surface area contributed by atoms with E-state index in [1.165, 1.54) is 24.3 Å². The Labute approximate surface area is 145 Å². The molecule has 1 aliphatic heterocycles. The van der Waals surface area contributed by atoms with E-state index in [1.54, 1.807) is 23.5 Å². The van der Waals surface area contributed by atoms with Crippen LogP contribution < -0.4 is 20.1 Å². The third kappa shape index (κ3) is 4.05. The Hall–Kier alpha value is -3.23. The van der Waals surface area contributed by atoms with Crippen LogP contribution in [0.3, 0.4) is 0 Å². The van der Waals surface area contributed by atoms with Gasteiger partial charge in [0.05, 0.1) is 0 Å². The van der Waals surface area contributed by atoms with Crippen LogP contribution in [-0.2, 0) is 11.3 Å². The molecule has 0 fully saturated rings. The van der Waals surface area contributed by atoms with Crippen LogP contribution in [0, 0.1) is 0 Å². The van der Waals surface area contributed by atoms with Crippen LogP contribution in [0.25, 0.3) is 0 Å². The summed E-state index contributed by atoms with van der Waals surface area (Å²) in [7, 11) is 0.